The maximum absolute atomic E-state index is 11.8. The Hall–Kier alpha value is -1.07. The summed E-state index contributed by atoms with van der Waals surface area (Å²) in [6, 6.07) is 7.34. The van der Waals surface area contributed by atoms with Gasteiger partial charge in [0.15, 0.2) is 6.61 Å². The molecule has 19 heavy (non-hydrogen) atoms. The van der Waals surface area contributed by atoms with Crippen LogP contribution in [0, 0.1) is 0 Å². The lowest BCUT2D eigenvalue weighted by Crippen LogP contribution is -2.47. The summed E-state index contributed by atoms with van der Waals surface area (Å²) in [5.74, 6) is 0.461. The molecule has 1 rings (SSSR count). The SMILES string of the molecule is CCC(C)(CCO)NC(=O)COc1cccc(Br)c1. The molecule has 0 spiro atoms. The van der Waals surface area contributed by atoms with Gasteiger partial charge in [-0.2, -0.15) is 0 Å². The molecule has 0 saturated carbocycles. The Bertz CT molecular complexity index is 425. The van der Waals surface area contributed by atoms with Crippen LogP contribution in [0.4, 0.5) is 0 Å². The number of carbonyl (C=O) groups is 1. The summed E-state index contributed by atoms with van der Waals surface area (Å²) in [5.41, 5.74) is -0.382. The molecule has 1 atom stereocenters. The summed E-state index contributed by atoms with van der Waals surface area (Å²) >= 11 is 3.34. The van der Waals surface area contributed by atoms with Crippen LogP contribution in [-0.4, -0.2) is 29.8 Å². The molecule has 1 aromatic rings. The molecule has 0 bridgehead atoms. The Morgan fingerprint density at radius 2 is 2.26 bits per heavy atom. The molecule has 1 amide bonds. The third-order valence-electron chi connectivity index (χ3n) is 3.05. The maximum atomic E-state index is 11.8. The summed E-state index contributed by atoms with van der Waals surface area (Å²) < 4.78 is 6.32. The van der Waals surface area contributed by atoms with Crippen molar-refractivity contribution in [1.29, 1.82) is 0 Å². The minimum absolute atomic E-state index is 0.0303. The molecule has 0 fully saturated rings. The smallest absolute Gasteiger partial charge is 0.258 e. The molecule has 1 unspecified atom stereocenters. The molecule has 4 nitrogen and oxygen atoms in total. The Labute approximate surface area is 122 Å². The van der Waals surface area contributed by atoms with E-state index in [1.54, 1.807) is 12.1 Å². The first kappa shape index (κ1) is 16.0. The molecule has 0 aliphatic carbocycles. The van der Waals surface area contributed by atoms with E-state index in [-0.39, 0.29) is 24.7 Å². The quantitative estimate of drug-likeness (QED) is 0.808. The predicted molar refractivity (Wildman–Crippen MR) is 78.2 cm³/mol. The fourth-order valence-electron chi connectivity index (χ4n) is 1.65. The molecule has 5 heteroatoms. The average molecular weight is 330 g/mol. The average Bonchev–Trinajstić information content (AvgIpc) is 2.37. The highest BCUT2D eigenvalue weighted by atomic mass is 79.9. The maximum Gasteiger partial charge on any atom is 0.258 e. The van der Waals surface area contributed by atoms with Gasteiger partial charge in [0.2, 0.25) is 0 Å². The van der Waals surface area contributed by atoms with E-state index in [1.165, 1.54) is 0 Å². The van der Waals surface area contributed by atoms with Crippen LogP contribution < -0.4 is 10.1 Å². The molecule has 0 aliphatic heterocycles. The second kappa shape index (κ2) is 7.50. The van der Waals surface area contributed by atoms with E-state index in [2.05, 4.69) is 21.2 Å². The first-order chi connectivity index (χ1) is 8.99. The highest BCUT2D eigenvalue weighted by Gasteiger charge is 2.23. The van der Waals surface area contributed by atoms with Crippen LogP contribution in [0.15, 0.2) is 28.7 Å². The molecule has 0 heterocycles. The lowest BCUT2D eigenvalue weighted by atomic mass is 9.95. The summed E-state index contributed by atoms with van der Waals surface area (Å²) in [6.45, 7) is 3.92. The summed E-state index contributed by atoms with van der Waals surface area (Å²) in [4.78, 5) is 11.8. The van der Waals surface area contributed by atoms with Crippen LogP contribution in [0.1, 0.15) is 26.7 Å². The van der Waals surface area contributed by atoms with Crippen molar-refractivity contribution in [1.82, 2.24) is 5.32 Å². The van der Waals surface area contributed by atoms with Gasteiger partial charge >= 0.3 is 0 Å². The molecule has 0 radical (unpaired) electrons. The Balaban J connectivity index is 2.47. The van der Waals surface area contributed by atoms with Gasteiger partial charge in [-0.3, -0.25) is 4.79 Å². The fourth-order valence-corrected chi connectivity index (χ4v) is 2.03. The lowest BCUT2D eigenvalue weighted by Gasteiger charge is -2.28. The zero-order valence-corrected chi connectivity index (χ0v) is 12.9. The molecule has 0 saturated heterocycles. The monoisotopic (exact) mass is 329 g/mol. The summed E-state index contributed by atoms with van der Waals surface area (Å²) in [6.07, 6.45) is 1.29. The van der Waals surface area contributed by atoms with Gasteiger partial charge in [0.05, 0.1) is 0 Å². The molecular formula is C14H20BrNO3. The second-order valence-corrected chi connectivity index (χ2v) is 5.60. The van der Waals surface area contributed by atoms with Crippen LogP contribution in [0.3, 0.4) is 0 Å². The highest BCUT2D eigenvalue weighted by molar-refractivity contribution is 9.10. The van der Waals surface area contributed by atoms with E-state index >= 15 is 0 Å². The van der Waals surface area contributed by atoms with Gasteiger partial charge < -0.3 is 15.2 Å². The van der Waals surface area contributed by atoms with Crippen LogP contribution in [0.25, 0.3) is 0 Å². The van der Waals surface area contributed by atoms with E-state index in [1.807, 2.05) is 26.0 Å². The van der Waals surface area contributed by atoms with E-state index in [9.17, 15) is 4.79 Å². The molecule has 0 aliphatic rings. The third-order valence-corrected chi connectivity index (χ3v) is 3.54. The van der Waals surface area contributed by atoms with Crippen molar-refractivity contribution in [3.05, 3.63) is 28.7 Å². The van der Waals surface area contributed by atoms with Crippen molar-refractivity contribution in [3.63, 3.8) is 0 Å². The molecule has 106 valence electrons. The van der Waals surface area contributed by atoms with Crippen molar-refractivity contribution in [3.8, 4) is 5.75 Å². The van der Waals surface area contributed by atoms with Crippen LogP contribution in [-0.2, 0) is 4.79 Å². The molecular weight excluding hydrogens is 310 g/mol. The Morgan fingerprint density at radius 1 is 1.53 bits per heavy atom. The van der Waals surface area contributed by atoms with Gasteiger partial charge in [-0.05, 0) is 38.0 Å². The van der Waals surface area contributed by atoms with E-state index in [0.29, 0.717) is 12.2 Å². The first-order valence-electron chi connectivity index (χ1n) is 6.29. The van der Waals surface area contributed by atoms with Gasteiger partial charge in [-0.25, -0.2) is 0 Å². The molecule has 2 N–H and O–H groups in total. The van der Waals surface area contributed by atoms with Gasteiger partial charge in [0, 0.05) is 16.6 Å². The van der Waals surface area contributed by atoms with Gasteiger partial charge in [0.1, 0.15) is 5.75 Å². The normalized spacial score (nSPS) is 13.7. The van der Waals surface area contributed by atoms with Gasteiger partial charge in [-0.1, -0.05) is 28.9 Å². The zero-order valence-electron chi connectivity index (χ0n) is 11.3. The van der Waals surface area contributed by atoms with Crippen molar-refractivity contribution in [2.45, 2.75) is 32.2 Å². The number of aliphatic hydroxyl groups excluding tert-OH is 1. The predicted octanol–water partition coefficient (Wildman–Crippen LogP) is 2.50. The third kappa shape index (κ3) is 5.61. The lowest BCUT2D eigenvalue weighted by molar-refractivity contribution is -0.125. The number of nitrogens with one attached hydrogen (secondary N) is 1. The summed E-state index contributed by atoms with van der Waals surface area (Å²) in [7, 11) is 0. The van der Waals surface area contributed by atoms with Crippen molar-refractivity contribution < 1.29 is 14.6 Å². The Kier molecular flexibility index (Phi) is 6.31. The highest BCUT2D eigenvalue weighted by Crippen LogP contribution is 2.18. The standard InChI is InChI=1S/C14H20BrNO3/c1-3-14(2,7-8-17)16-13(18)10-19-12-6-4-5-11(15)9-12/h4-6,9,17H,3,7-8,10H2,1-2H3,(H,16,18). The first-order valence-corrected chi connectivity index (χ1v) is 7.08. The number of benzene rings is 1. The van der Waals surface area contributed by atoms with Crippen molar-refractivity contribution >= 4 is 21.8 Å². The van der Waals surface area contributed by atoms with Gasteiger partial charge in [0.25, 0.3) is 5.91 Å². The van der Waals surface area contributed by atoms with Crippen LogP contribution in [0.5, 0.6) is 5.75 Å². The molecule has 1 aromatic carbocycles. The minimum atomic E-state index is -0.382. The van der Waals surface area contributed by atoms with E-state index in [4.69, 9.17) is 9.84 Å². The summed E-state index contributed by atoms with van der Waals surface area (Å²) in [5, 5.41) is 11.9. The number of carbonyl (C=O) groups excluding carboxylic acids is 1. The number of ether oxygens (including phenoxy) is 1. The second-order valence-electron chi connectivity index (χ2n) is 4.68. The van der Waals surface area contributed by atoms with Gasteiger partial charge in [-0.15, -0.1) is 0 Å². The fraction of sp³-hybridized carbons (Fsp3) is 0.500. The topological polar surface area (TPSA) is 58.6 Å². The number of halogens is 1. The van der Waals surface area contributed by atoms with Crippen molar-refractivity contribution in [2.75, 3.05) is 13.2 Å². The number of amides is 1. The van der Waals surface area contributed by atoms with Crippen LogP contribution >= 0.6 is 15.9 Å². The minimum Gasteiger partial charge on any atom is -0.484 e. The Morgan fingerprint density at radius 3 is 2.84 bits per heavy atom. The van der Waals surface area contributed by atoms with E-state index in [0.717, 1.165) is 10.9 Å². The molecule has 0 aromatic heterocycles. The van der Waals surface area contributed by atoms with Crippen molar-refractivity contribution in [2.24, 2.45) is 0 Å². The number of aliphatic hydroxyl groups is 1. The van der Waals surface area contributed by atoms with Crippen LogP contribution in [0.2, 0.25) is 0 Å². The number of hydrogen-bond donors (Lipinski definition) is 2. The zero-order chi connectivity index (χ0) is 14.3. The number of hydrogen-bond acceptors (Lipinski definition) is 3. The van der Waals surface area contributed by atoms with E-state index < -0.39 is 0 Å². The largest absolute Gasteiger partial charge is 0.484 e. The number of rotatable bonds is 7.